The lowest BCUT2D eigenvalue weighted by Crippen LogP contribution is -2.38. The molecule has 0 bridgehead atoms. The van der Waals surface area contributed by atoms with Gasteiger partial charge in [-0.1, -0.05) is 91.4 Å². The van der Waals surface area contributed by atoms with Crippen LogP contribution in [0.25, 0.3) is 0 Å². The minimum absolute atomic E-state index is 0.626. The molecule has 0 amide bonds. The molecule has 1 atom stereocenters. The van der Waals surface area contributed by atoms with Gasteiger partial charge in [-0.25, -0.2) is 0 Å². The maximum Gasteiger partial charge on any atom is 0.100 e. The molecule has 1 aliphatic rings. The average Bonchev–Trinajstić information content (AvgIpc) is 2.99. The largest absolute Gasteiger partial charge is 0.356 e. The first-order chi connectivity index (χ1) is 11.8. The topological polar surface area (TPSA) is 6.48 Å². The summed E-state index contributed by atoms with van der Waals surface area (Å²) in [5.74, 6) is 0. The number of nitrogens with zero attached hydrogens (tertiary/aromatic N) is 2. The molecule has 0 aromatic heterocycles. The van der Waals surface area contributed by atoms with E-state index in [4.69, 9.17) is 0 Å². The first-order valence-corrected chi connectivity index (χ1v) is 11.0. The summed E-state index contributed by atoms with van der Waals surface area (Å²) < 4.78 is 0. The lowest BCUT2D eigenvalue weighted by Gasteiger charge is -2.32. The summed E-state index contributed by atoms with van der Waals surface area (Å²) in [4.78, 5) is 5.17. The molecule has 0 fully saturated rings. The highest BCUT2D eigenvalue weighted by Crippen LogP contribution is 2.21. The maximum atomic E-state index is 2.59. The van der Waals surface area contributed by atoms with Gasteiger partial charge < -0.3 is 9.80 Å². The van der Waals surface area contributed by atoms with E-state index >= 15 is 0 Å². The Labute approximate surface area is 152 Å². The predicted molar refractivity (Wildman–Crippen MR) is 108 cm³/mol. The van der Waals surface area contributed by atoms with Crippen molar-refractivity contribution in [1.29, 1.82) is 0 Å². The summed E-state index contributed by atoms with van der Waals surface area (Å²) in [7, 11) is 0. The van der Waals surface area contributed by atoms with Crippen molar-refractivity contribution in [2.75, 3.05) is 13.1 Å². The summed E-state index contributed by atoms with van der Waals surface area (Å²) in [6.45, 7) is 9.41. The second kappa shape index (κ2) is 14.7. The zero-order valence-corrected chi connectivity index (χ0v) is 16.9. The van der Waals surface area contributed by atoms with Crippen molar-refractivity contribution < 1.29 is 0 Å². The van der Waals surface area contributed by atoms with E-state index in [1.807, 2.05) is 0 Å². The van der Waals surface area contributed by atoms with E-state index in [2.05, 4.69) is 43.0 Å². The third-order valence-electron chi connectivity index (χ3n) is 5.37. The van der Waals surface area contributed by atoms with Crippen LogP contribution in [0.4, 0.5) is 0 Å². The van der Waals surface area contributed by atoms with Crippen LogP contribution in [0, 0.1) is 0 Å². The van der Waals surface area contributed by atoms with Crippen LogP contribution in [0.3, 0.4) is 0 Å². The molecule has 0 N–H and O–H groups in total. The minimum Gasteiger partial charge on any atom is -0.356 e. The minimum atomic E-state index is 0.626. The molecule has 1 unspecified atom stereocenters. The number of unbranched alkanes of at least 4 members (excludes halogenated alkanes) is 11. The van der Waals surface area contributed by atoms with Crippen molar-refractivity contribution >= 4 is 0 Å². The Balaban J connectivity index is 2.08. The zero-order valence-electron chi connectivity index (χ0n) is 16.9. The van der Waals surface area contributed by atoms with Crippen LogP contribution in [-0.2, 0) is 0 Å². The van der Waals surface area contributed by atoms with Gasteiger partial charge >= 0.3 is 0 Å². The molecule has 24 heavy (non-hydrogen) atoms. The van der Waals surface area contributed by atoms with Crippen LogP contribution in [0.15, 0.2) is 12.4 Å². The van der Waals surface area contributed by atoms with Gasteiger partial charge in [0.1, 0.15) is 6.17 Å². The quantitative estimate of drug-likeness (QED) is 0.282. The molecular formula is C22H44N2. The smallest absolute Gasteiger partial charge is 0.100 e. The molecule has 1 heterocycles. The summed E-state index contributed by atoms with van der Waals surface area (Å²) in [5, 5.41) is 0. The van der Waals surface area contributed by atoms with E-state index in [0.29, 0.717) is 6.17 Å². The van der Waals surface area contributed by atoms with Crippen LogP contribution in [0.2, 0.25) is 0 Å². The molecule has 0 saturated carbocycles. The van der Waals surface area contributed by atoms with E-state index < -0.39 is 0 Å². The maximum absolute atomic E-state index is 2.59. The number of rotatable bonds is 16. The van der Waals surface area contributed by atoms with Gasteiger partial charge in [-0.3, -0.25) is 0 Å². The number of hydrogen-bond acceptors (Lipinski definition) is 2. The lowest BCUT2D eigenvalue weighted by atomic mass is 10.1. The Morgan fingerprint density at radius 3 is 1.29 bits per heavy atom. The fourth-order valence-corrected chi connectivity index (χ4v) is 3.80. The molecule has 0 radical (unpaired) electrons. The normalized spacial score (nSPS) is 17.2. The highest BCUT2D eigenvalue weighted by molar-refractivity contribution is 4.96. The predicted octanol–water partition coefficient (Wildman–Crippen LogP) is 6.92. The van der Waals surface area contributed by atoms with Crippen molar-refractivity contribution in [3.63, 3.8) is 0 Å². The van der Waals surface area contributed by atoms with E-state index in [0.717, 1.165) is 0 Å². The standard InChI is InChI=1S/C22H44N2/c1-4-7-9-11-12-13-15-17-19-24-21-20-23(22(24)6-3)18-16-14-10-8-5-2/h20-22H,4-19H2,1-3H3. The molecule has 0 saturated heterocycles. The van der Waals surface area contributed by atoms with Gasteiger partial charge in [0.25, 0.3) is 0 Å². The van der Waals surface area contributed by atoms with E-state index in [1.165, 1.54) is 103 Å². The fraction of sp³-hybridized carbons (Fsp3) is 0.909. The number of hydrogen-bond donors (Lipinski definition) is 0. The third-order valence-corrected chi connectivity index (χ3v) is 5.37. The van der Waals surface area contributed by atoms with Gasteiger partial charge in [0.15, 0.2) is 0 Å². The molecule has 2 heteroatoms. The van der Waals surface area contributed by atoms with Crippen LogP contribution in [-0.4, -0.2) is 29.1 Å². The highest BCUT2D eigenvalue weighted by Gasteiger charge is 2.23. The first-order valence-electron chi connectivity index (χ1n) is 11.0. The van der Waals surface area contributed by atoms with Crippen molar-refractivity contribution in [2.45, 2.75) is 117 Å². The van der Waals surface area contributed by atoms with Gasteiger partial charge in [-0.15, -0.1) is 0 Å². The SMILES string of the molecule is CCCCCCCCCCN1C=CN(CCCCCCC)C1CC. The van der Waals surface area contributed by atoms with Gasteiger partial charge in [-0.2, -0.15) is 0 Å². The second-order valence-corrected chi connectivity index (χ2v) is 7.55. The lowest BCUT2D eigenvalue weighted by molar-refractivity contribution is 0.144. The second-order valence-electron chi connectivity index (χ2n) is 7.55. The summed E-state index contributed by atoms with van der Waals surface area (Å²) in [5.41, 5.74) is 0. The summed E-state index contributed by atoms with van der Waals surface area (Å²) in [6, 6.07) is 0. The van der Waals surface area contributed by atoms with Crippen LogP contribution in [0.5, 0.6) is 0 Å². The van der Waals surface area contributed by atoms with Crippen LogP contribution in [0.1, 0.15) is 111 Å². The first kappa shape index (κ1) is 21.4. The molecule has 0 spiro atoms. The molecule has 0 aliphatic carbocycles. The molecular weight excluding hydrogens is 292 g/mol. The molecule has 0 aromatic rings. The van der Waals surface area contributed by atoms with E-state index in [9.17, 15) is 0 Å². The molecule has 2 nitrogen and oxygen atoms in total. The van der Waals surface area contributed by atoms with Gasteiger partial charge in [0.05, 0.1) is 0 Å². The monoisotopic (exact) mass is 336 g/mol. The van der Waals surface area contributed by atoms with Crippen LogP contribution < -0.4 is 0 Å². The Hall–Kier alpha value is -0.660. The van der Waals surface area contributed by atoms with E-state index in [-0.39, 0.29) is 0 Å². The third kappa shape index (κ3) is 8.99. The van der Waals surface area contributed by atoms with Crippen molar-refractivity contribution in [3.05, 3.63) is 12.4 Å². The highest BCUT2D eigenvalue weighted by atomic mass is 15.4. The fourth-order valence-electron chi connectivity index (χ4n) is 3.80. The Kier molecular flexibility index (Phi) is 13.1. The molecule has 1 aliphatic heterocycles. The van der Waals surface area contributed by atoms with Crippen molar-refractivity contribution in [1.82, 2.24) is 9.80 Å². The van der Waals surface area contributed by atoms with Gasteiger partial charge in [-0.05, 0) is 19.3 Å². The van der Waals surface area contributed by atoms with Gasteiger partial charge in [0.2, 0.25) is 0 Å². The molecule has 142 valence electrons. The van der Waals surface area contributed by atoms with Crippen molar-refractivity contribution in [3.8, 4) is 0 Å². The molecule has 1 rings (SSSR count). The average molecular weight is 337 g/mol. The van der Waals surface area contributed by atoms with Crippen molar-refractivity contribution in [2.24, 2.45) is 0 Å². The summed E-state index contributed by atoms with van der Waals surface area (Å²) >= 11 is 0. The zero-order chi connectivity index (χ0) is 17.5. The van der Waals surface area contributed by atoms with E-state index in [1.54, 1.807) is 0 Å². The molecule has 0 aromatic carbocycles. The van der Waals surface area contributed by atoms with Crippen LogP contribution >= 0.6 is 0 Å². The summed E-state index contributed by atoms with van der Waals surface area (Å²) in [6.07, 6.45) is 24.8. The Bertz CT molecular complexity index is 300. The Morgan fingerprint density at radius 1 is 0.542 bits per heavy atom. The van der Waals surface area contributed by atoms with Gasteiger partial charge in [0, 0.05) is 25.5 Å². The Morgan fingerprint density at radius 2 is 0.917 bits per heavy atom.